The predicted molar refractivity (Wildman–Crippen MR) is 86.5 cm³/mol. The Bertz CT molecular complexity index is 837. The molecule has 0 spiro atoms. The van der Waals surface area contributed by atoms with Gasteiger partial charge in [-0.2, -0.15) is 0 Å². The number of hydrogen-bond donors (Lipinski definition) is 0. The highest BCUT2D eigenvalue weighted by Crippen LogP contribution is 2.38. The quantitative estimate of drug-likeness (QED) is 0.794. The summed E-state index contributed by atoms with van der Waals surface area (Å²) in [6, 6.07) is 9.86. The maximum absolute atomic E-state index is 13.5. The van der Waals surface area contributed by atoms with Crippen LogP contribution in [0, 0.1) is 11.6 Å². The van der Waals surface area contributed by atoms with Crippen LogP contribution in [0.3, 0.4) is 0 Å². The molecule has 1 unspecified atom stereocenters. The van der Waals surface area contributed by atoms with Gasteiger partial charge in [-0.25, -0.2) is 8.78 Å². The third-order valence-electron chi connectivity index (χ3n) is 3.92. The molecule has 0 saturated carbocycles. The van der Waals surface area contributed by atoms with Crippen molar-refractivity contribution in [1.82, 2.24) is 0 Å². The van der Waals surface area contributed by atoms with Crippen molar-refractivity contribution in [2.45, 2.75) is 18.6 Å². The van der Waals surface area contributed by atoms with E-state index >= 15 is 0 Å². The van der Waals surface area contributed by atoms with Gasteiger partial charge in [-0.1, -0.05) is 35.3 Å². The zero-order valence-corrected chi connectivity index (χ0v) is 13.4. The minimum atomic E-state index is -2.17. The molecule has 1 aliphatic carbocycles. The normalized spacial score (nSPS) is 15.9. The molecule has 0 aliphatic heterocycles. The number of carbonyl (C=O) groups is 1. The Morgan fingerprint density at radius 1 is 0.958 bits per heavy atom. The Morgan fingerprint density at radius 2 is 1.58 bits per heavy atom. The summed E-state index contributed by atoms with van der Waals surface area (Å²) in [5.41, 5.74) is 2.67. The number of Topliss-reactive ketones (excluding diaryl/α,β-unsaturated/α-hetero) is 1. The number of carbonyl (C=O) groups excluding carboxylic acids is 1. The molecule has 3 rings (SSSR count). The molecule has 1 aliphatic rings. The van der Waals surface area contributed by atoms with Crippen molar-refractivity contribution in [1.29, 1.82) is 0 Å². The highest BCUT2D eigenvalue weighted by atomic mass is 32.2. The Labute approximate surface area is 140 Å². The van der Waals surface area contributed by atoms with Crippen LogP contribution in [0.5, 0.6) is 0 Å². The van der Waals surface area contributed by atoms with Crippen LogP contribution in [-0.2, 0) is 21.6 Å². The van der Waals surface area contributed by atoms with E-state index in [4.69, 9.17) is 0 Å². The van der Waals surface area contributed by atoms with Gasteiger partial charge in [0.2, 0.25) is 0 Å². The summed E-state index contributed by atoms with van der Waals surface area (Å²) in [5, 5.41) is 0. The number of hydrogen-bond acceptors (Lipinski definition) is 3. The highest BCUT2D eigenvalue weighted by molar-refractivity contribution is 7.78. The minimum Gasteiger partial charge on any atom is -0.772 e. The van der Waals surface area contributed by atoms with E-state index in [1.165, 1.54) is 0 Å². The number of rotatable bonds is 4. The zero-order valence-electron chi connectivity index (χ0n) is 12.6. The molecule has 0 radical (unpaired) electrons. The topological polar surface area (TPSA) is 57.2 Å². The lowest BCUT2D eigenvalue weighted by Gasteiger charge is -2.10. The van der Waals surface area contributed by atoms with Crippen molar-refractivity contribution in [3.63, 3.8) is 0 Å². The Hall–Kier alpha value is -2.18. The van der Waals surface area contributed by atoms with Gasteiger partial charge in [0.15, 0.2) is 5.78 Å². The first-order valence-electron chi connectivity index (χ1n) is 7.32. The van der Waals surface area contributed by atoms with E-state index in [1.54, 1.807) is 24.3 Å². The summed E-state index contributed by atoms with van der Waals surface area (Å²) in [5.74, 6) is -1.70. The standard InChI is InChI=1S/C18H14F2O3S/c19-14-7-13(8-15(20)9-14)18-16(5-6-17(18)21)12-3-1-11(2-4-12)10-24(22)23/h1-4,7-9H,5-6,10H2,(H,22,23)/p-1. The van der Waals surface area contributed by atoms with E-state index in [9.17, 15) is 22.3 Å². The first-order chi connectivity index (χ1) is 11.4. The SMILES string of the molecule is O=C1CCC(c2ccc(CS(=O)[O-])cc2)=C1c1cc(F)cc(F)c1. The van der Waals surface area contributed by atoms with Gasteiger partial charge in [0.1, 0.15) is 11.6 Å². The second-order valence-electron chi connectivity index (χ2n) is 5.58. The van der Waals surface area contributed by atoms with Crippen molar-refractivity contribution in [3.8, 4) is 0 Å². The van der Waals surface area contributed by atoms with Crippen molar-refractivity contribution in [2.75, 3.05) is 0 Å². The predicted octanol–water partition coefficient (Wildman–Crippen LogP) is 3.62. The molecule has 2 aromatic rings. The van der Waals surface area contributed by atoms with E-state index < -0.39 is 22.7 Å². The van der Waals surface area contributed by atoms with E-state index in [-0.39, 0.29) is 23.5 Å². The van der Waals surface area contributed by atoms with Gasteiger partial charge >= 0.3 is 0 Å². The molecule has 0 N–H and O–H groups in total. The first kappa shape index (κ1) is 16.7. The molecule has 0 bridgehead atoms. The molecule has 0 aromatic heterocycles. The van der Waals surface area contributed by atoms with Gasteiger partial charge in [-0.15, -0.1) is 0 Å². The Morgan fingerprint density at radius 3 is 2.17 bits per heavy atom. The Balaban J connectivity index is 2.04. The first-order valence-corrected chi connectivity index (χ1v) is 8.56. The Kier molecular flexibility index (Phi) is 4.69. The summed E-state index contributed by atoms with van der Waals surface area (Å²) in [4.78, 5) is 12.2. The second kappa shape index (κ2) is 6.75. The molecule has 2 aromatic carbocycles. The summed E-state index contributed by atoms with van der Waals surface area (Å²) < 4.78 is 48.4. The lowest BCUT2D eigenvalue weighted by atomic mass is 9.96. The molecular weight excluding hydrogens is 334 g/mol. The largest absolute Gasteiger partial charge is 0.772 e. The molecule has 0 saturated heterocycles. The number of ketones is 1. The van der Waals surface area contributed by atoms with Crippen molar-refractivity contribution in [2.24, 2.45) is 0 Å². The fourth-order valence-corrected chi connectivity index (χ4v) is 3.38. The van der Waals surface area contributed by atoms with E-state index in [0.717, 1.165) is 29.3 Å². The van der Waals surface area contributed by atoms with Crippen molar-refractivity contribution in [3.05, 3.63) is 70.8 Å². The van der Waals surface area contributed by atoms with Crippen LogP contribution < -0.4 is 0 Å². The molecule has 6 heteroatoms. The van der Waals surface area contributed by atoms with Crippen LogP contribution in [0.1, 0.15) is 29.5 Å². The van der Waals surface area contributed by atoms with E-state index in [2.05, 4.69) is 0 Å². The van der Waals surface area contributed by atoms with Crippen LogP contribution in [0.15, 0.2) is 42.5 Å². The number of halogens is 2. The molecule has 0 amide bonds. The smallest absolute Gasteiger partial charge is 0.164 e. The van der Waals surface area contributed by atoms with E-state index in [1.807, 2.05) is 0 Å². The van der Waals surface area contributed by atoms with Gasteiger partial charge in [-0.05, 0) is 40.8 Å². The molecule has 1 atom stereocenters. The summed E-state index contributed by atoms with van der Waals surface area (Å²) in [7, 11) is 0. The lowest BCUT2D eigenvalue weighted by molar-refractivity contribution is -0.113. The van der Waals surface area contributed by atoms with E-state index in [0.29, 0.717) is 17.6 Å². The second-order valence-corrected chi connectivity index (χ2v) is 6.48. The maximum Gasteiger partial charge on any atom is 0.164 e. The monoisotopic (exact) mass is 347 g/mol. The molecule has 124 valence electrons. The van der Waals surface area contributed by atoms with Crippen LogP contribution in [0.4, 0.5) is 8.78 Å². The third kappa shape index (κ3) is 3.49. The zero-order chi connectivity index (χ0) is 17.3. The van der Waals surface area contributed by atoms with Gasteiger partial charge in [-0.3, -0.25) is 9.00 Å². The third-order valence-corrected chi connectivity index (χ3v) is 4.49. The average Bonchev–Trinajstić information content (AvgIpc) is 2.88. The van der Waals surface area contributed by atoms with Gasteiger partial charge in [0.25, 0.3) is 0 Å². The summed E-state index contributed by atoms with van der Waals surface area (Å²) in [6.07, 6.45) is 0.772. The number of allylic oxidation sites excluding steroid dienone is 2. The van der Waals surface area contributed by atoms with Crippen molar-refractivity contribution >= 4 is 28.0 Å². The number of benzene rings is 2. The molecule has 0 heterocycles. The minimum absolute atomic E-state index is 0.0831. The fourth-order valence-electron chi connectivity index (χ4n) is 2.92. The maximum atomic E-state index is 13.5. The van der Waals surface area contributed by atoms with Crippen LogP contribution in [0.25, 0.3) is 11.1 Å². The molecule has 24 heavy (non-hydrogen) atoms. The molecule has 0 fully saturated rings. The van der Waals surface area contributed by atoms with Gasteiger partial charge in [0, 0.05) is 23.8 Å². The van der Waals surface area contributed by atoms with Gasteiger partial charge < -0.3 is 4.55 Å². The molecular formula is C18H13F2O3S-. The fraction of sp³-hybridized carbons (Fsp3) is 0.167. The summed E-state index contributed by atoms with van der Waals surface area (Å²) in [6.45, 7) is 0. The van der Waals surface area contributed by atoms with Crippen LogP contribution in [0.2, 0.25) is 0 Å². The van der Waals surface area contributed by atoms with Gasteiger partial charge in [0.05, 0.1) is 0 Å². The van der Waals surface area contributed by atoms with Crippen LogP contribution >= 0.6 is 0 Å². The van der Waals surface area contributed by atoms with Crippen molar-refractivity contribution < 1.29 is 22.3 Å². The molecule has 3 nitrogen and oxygen atoms in total. The lowest BCUT2D eigenvalue weighted by Crippen LogP contribution is -1.98. The van der Waals surface area contributed by atoms with Crippen LogP contribution in [-0.4, -0.2) is 14.5 Å². The summed E-state index contributed by atoms with van der Waals surface area (Å²) >= 11 is -2.17. The highest BCUT2D eigenvalue weighted by Gasteiger charge is 2.26. The average molecular weight is 347 g/mol.